The number of rotatable bonds is 9. The van der Waals surface area contributed by atoms with Crippen molar-refractivity contribution in [3.8, 4) is 0 Å². The highest BCUT2D eigenvalue weighted by Gasteiger charge is 2.25. The summed E-state index contributed by atoms with van der Waals surface area (Å²) in [6.07, 6.45) is 3.74. The van der Waals surface area contributed by atoms with Crippen LogP contribution in [0.4, 0.5) is 0 Å². The zero-order valence-corrected chi connectivity index (χ0v) is 20.6. The first-order valence-electron chi connectivity index (χ1n) is 10.4. The Morgan fingerprint density at radius 1 is 1.34 bits per heavy atom. The van der Waals surface area contributed by atoms with E-state index in [2.05, 4.69) is 45.4 Å². The molecule has 2 atom stereocenters. The summed E-state index contributed by atoms with van der Waals surface area (Å²) in [6.45, 7) is 14.0. The normalized spacial score (nSPS) is 18.6. The predicted molar refractivity (Wildman–Crippen MR) is 129 cm³/mol. The molecule has 1 aliphatic rings. The van der Waals surface area contributed by atoms with E-state index < -0.39 is 5.60 Å². The highest BCUT2D eigenvalue weighted by molar-refractivity contribution is 14.0. The standard InChI is InChI=1S/C21H37N5O2.HI/c1-5-23-20(24-14-19(17(2)3)18-7-6-8-22-13-18)25-15-21(4,27)16-26-9-11-28-12-10-26;/h6-8,13,17,19,27H,5,9-12,14-16H2,1-4H3,(H2,23,24,25);1H. The number of nitrogens with zero attached hydrogens (tertiary/aromatic N) is 3. The number of hydrogen-bond acceptors (Lipinski definition) is 5. The summed E-state index contributed by atoms with van der Waals surface area (Å²) in [5, 5.41) is 17.5. The lowest BCUT2D eigenvalue weighted by atomic mass is 9.89. The van der Waals surface area contributed by atoms with Gasteiger partial charge in [-0.1, -0.05) is 19.9 Å². The third kappa shape index (κ3) is 9.59. The van der Waals surface area contributed by atoms with E-state index in [1.807, 2.05) is 26.1 Å². The lowest BCUT2D eigenvalue weighted by Gasteiger charge is -2.33. The first kappa shape index (κ1) is 26.1. The minimum Gasteiger partial charge on any atom is -0.387 e. The van der Waals surface area contributed by atoms with Crippen LogP contribution in [-0.2, 0) is 4.74 Å². The summed E-state index contributed by atoms with van der Waals surface area (Å²) in [5.41, 5.74) is 0.348. The quantitative estimate of drug-likeness (QED) is 0.264. The van der Waals surface area contributed by atoms with Crippen molar-refractivity contribution in [1.82, 2.24) is 20.5 Å². The van der Waals surface area contributed by atoms with Crippen LogP contribution in [0.15, 0.2) is 29.5 Å². The fourth-order valence-electron chi connectivity index (χ4n) is 3.42. The SMILES string of the molecule is CCNC(=NCC(C)(O)CN1CCOCC1)NCC(c1cccnc1)C(C)C.I. The van der Waals surface area contributed by atoms with Crippen LogP contribution in [0, 0.1) is 5.92 Å². The third-order valence-corrected chi connectivity index (χ3v) is 5.00. The Hall–Kier alpha value is -0.970. The van der Waals surface area contributed by atoms with Crippen LogP contribution < -0.4 is 10.6 Å². The first-order chi connectivity index (χ1) is 13.4. The van der Waals surface area contributed by atoms with Crippen molar-refractivity contribution >= 4 is 29.9 Å². The summed E-state index contributed by atoms with van der Waals surface area (Å²) < 4.78 is 5.38. The molecule has 8 heteroatoms. The average molecular weight is 519 g/mol. The number of hydrogen-bond donors (Lipinski definition) is 3. The molecule has 1 aromatic rings. The maximum absolute atomic E-state index is 10.8. The summed E-state index contributed by atoms with van der Waals surface area (Å²) >= 11 is 0. The van der Waals surface area contributed by atoms with Crippen molar-refractivity contribution in [1.29, 1.82) is 0 Å². The molecule has 29 heavy (non-hydrogen) atoms. The topological polar surface area (TPSA) is 82.0 Å². The largest absolute Gasteiger partial charge is 0.387 e. The first-order valence-corrected chi connectivity index (χ1v) is 10.4. The van der Waals surface area contributed by atoms with Crippen molar-refractivity contribution in [3.05, 3.63) is 30.1 Å². The van der Waals surface area contributed by atoms with E-state index in [-0.39, 0.29) is 24.0 Å². The smallest absolute Gasteiger partial charge is 0.191 e. The van der Waals surface area contributed by atoms with Gasteiger partial charge >= 0.3 is 0 Å². The van der Waals surface area contributed by atoms with E-state index in [1.54, 1.807) is 6.20 Å². The van der Waals surface area contributed by atoms with E-state index in [9.17, 15) is 5.11 Å². The summed E-state index contributed by atoms with van der Waals surface area (Å²) in [7, 11) is 0. The maximum Gasteiger partial charge on any atom is 0.191 e. The van der Waals surface area contributed by atoms with Crippen LogP contribution in [-0.4, -0.2) is 79.0 Å². The van der Waals surface area contributed by atoms with Crippen LogP contribution in [0.3, 0.4) is 0 Å². The Labute approximate surface area is 192 Å². The van der Waals surface area contributed by atoms with Gasteiger partial charge in [0.25, 0.3) is 0 Å². The van der Waals surface area contributed by atoms with E-state index in [1.165, 1.54) is 5.56 Å². The Morgan fingerprint density at radius 3 is 2.66 bits per heavy atom. The van der Waals surface area contributed by atoms with Gasteiger partial charge in [-0.2, -0.15) is 0 Å². The van der Waals surface area contributed by atoms with Gasteiger partial charge in [-0.15, -0.1) is 24.0 Å². The molecule has 0 aliphatic carbocycles. The third-order valence-electron chi connectivity index (χ3n) is 5.00. The van der Waals surface area contributed by atoms with Crippen molar-refractivity contribution in [2.75, 3.05) is 52.5 Å². The Morgan fingerprint density at radius 2 is 2.07 bits per heavy atom. The zero-order chi connectivity index (χ0) is 20.4. The van der Waals surface area contributed by atoms with Gasteiger partial charge in [0.1, 0.15) is 0 Å². The number of halogens is 1. The number of guanidine groups is 1. The van der Waals surface area contributed by atoms with Gasteiger partial charge < -0.3 is 20.5 Å². The lowest BCUT2D eigenvalue weighted by Crippen LogP contribution is -2.48. The molecule has 2 unspecified atom stereocenters. The van der Waals surface area contributed by atoms with Gasteiger partial charge in [0.15, 0.2) is 5.96 Å². The molecule has 0 saturated carbocycles. The zero-order valence-electron chi connectivity index (χ0n) is 18.2. The van der Waals surface area contributed by atoms with Crippen molar-refractivity contribution in [3.63, 3.8) is 0 Å². The number of aromatic nitrogens is 1. The van der Waals surface area contributed by atoms with Crippen molar-refractivity contribution < 1.29 is 9.84 Å². The summed E-state index contributed by atoms with van der Waals surface area (Å²) in [4.78, 5) is 11.1. The molecule has 1 aromatic heterocycles. The molecule has 3 N–H and O–H groups in total. The molecule has 1 aliphatic heterocycles. The summed E-state index contributed by atoms with van der Waals surface area (Å²) in [6, 6.07) is 4.10. The molecule has 1 saturated heterocycles. The number of β-amino-alcohol motifs (C(OH)–C–C–N with tert-alkyl or cyclic N) is 1. The number of nitrogens with one attached hydrogen (secondary N) is 2. The van der Waals surface area contributed by atoms with Gasteiger partial charge in [0, 0.05) is 51.0 Å². The number of pyridine rings is 1. The van der Waals surface area contributed by atoms with E-state index in [0.717, 1.165) is 45.4 Å². The highest BCUT2D eigenvalue weighted by atomic mass is 127. The molecule has 7 nitrogen and oxygen atoms in total. The van der Waals surface area contributed by atoms with Gasteiger partial charge in [0.05, 0.1) is 25.4 Å². The number of morpholine rings is 1. The van der Waals surface area contributed by atoms with Crippen molar-refractivity contribution in [2.24, 2.45) is 10.9 Å². The predicted octanol–water partition coefficient (Wildman–Crippen LogP) is 2.08. The molecule has 0 spiro atoms. The highest BCUT2D eigenvalue weighted by Crippen LogP contribution is 2.22. The second kappa shape index (κ2) is 13.4. The Bertz CT molecular complexity index is 592. The van der Waals surface area contributed by atoms with Crippen LogP contribution in [0.5, 0.6) is 0 Å². The fourth-order valence-corrected chi connectivity index (χ4v) is 3.42. The molecule has 2 heterocycles. The summed E-state index contributed by atoms with van der Waals surface area (Å²) in [5.74, 6) is 1.55. The molecule has 0 amide bonds. The number of aliphatic imine (C=N–C) groups is 1. The Kier molecular flexibility index (Phi) is 12.0. The molecule has 0 radical (unpaired) electrons. The van der Waals surface area contributed by atoms with Crippen LogP contribution in [0.2, 0.25) is 0 Å². The number of aliphatic hydroxyl groups is 1. The second-order valence-electron chi connectivity index (χ2n) is 8.10. The van der Waals surface area contributed by atoms with Crippen molar-refractivity contribution in [2.45, 2.75) is 39.2 Å². The van der Waals surface area contributed by atoms with Crippen LogP contribution in [0.1, 0.15) is 39.2 Å². The van der Waals surface area contributed by atoms with Crippen LogP contribution in [0.25, 0.3) is 0 Å². The maximum atomic E-state index is 10.8. The molecular formula is C21H38IN5O2. The molecule has 1 fully saturated rings. The number of ether oxygens (including phenoxy) is 1. The van der Waals surface area contributed by atoms with Crippen LogP contribution >= 0.6 is 24.0 Å². The molecule has 2 rings (SSSR count). The molecule has 0 bridgehead atoms. The minimum absolute atomic E-state index is 0. The second-order valence-corrected chi connectivity index (χ2v) is 8.10. The van der Waals surface area contributed by atoms with Gasteiger partial charge in [-0.25, -0.2) is 0 Å². The average Bonchev–Trinajstić information content (AvgIpc) is 2.67. The monoisotopic (exact) mass is 519 g/mol. The minimum atomic E-state index is -0.875. The van der Waals surface area contributed by atoms with E-state index in [0.29, 0.717) is 24.9 Å². The van der Waals surface area contributed by atoms with Gasteiger partial charge in [0.2, 0.25) is 0 Å². The molecular weight excluding hydrogens is 481 g/mol. The van der Waals surface area contributed by atoms with E-state index in [4.69, 9.17) is 4.74 Å². The van der Waals surface area contributed by atoms with Gasteiger partial charge in [-0.05, 0) is 31.4 Å². The fraction of sp³-hybridized carbons (Fsp3) is 0.714. The van der Waals surface area contributed by atoms with Gasteiger partial charge in [-0.3, -0.25) is 14.9 Å². The van der Waals surface area contributed by atoms with E-state index >= 15 is 0 Å². The molecule has 166 valence electrons. The Balaban J connectivity index is 0.00000420. The molecule has 0 aromatic carbocycles. The lowest BCUT2D eigenvalue weighted by molar-refractivity contribution is -0.0180.